The first kappa shape index (κ1) is 17.1. The number of likely N-dealkylation sites (tertiary alicyclic amines) is 2. The van der Waals surface area contributed by atoms with E-state index in [1.807, 2.05) is 29.2 Å². The van der Waals surface area contributed by atoms with Gasteiger partial charge in [-0.1, -0.05) is 48.5 Å². The van der Waals surface area contributed by atoms with Gasteiger partial charge in [-0.3, -0.25) is 4.90 Å². The van der Waals surface area contributed by atoms with Crippen molar-refractivity contribution in [2.24, 2.45) is 0 Å². The van der Waals surface area contributed by atoms with E-state index in [9.17, 15) is 4.79 Å². The molecule has 26 heavy (non-hydrogen) atoms. The zero-order chi connectivity index (χ0) is 17.8. The molecule has 1 atom stereocenters. The van der Waals surface area contributed by atoms with Crippen molar-refractivity contribution >= 4 is 11.7 Å². The molecular weight excluding hydrogens is 322 g/mol. The normalized spacial score (nSPS) is 20.5. The second kappa shape index (κ2) is 7.92. The molecule has 136 valence electrons. The van der Waals surface area contributed by atoms with E-state index in [0.717, 1.165) is 37.2 Å². The molecule has 2 aliphatic heterocycles. The molecule has 2 aromatic rings. The lowest BCUT2D eigenvalue weighted by Crippen LogP contribution is -2.38. The molecule has 1 N–H and O–H groups in total. The van der Waals surface area contributed by atoms with Crippen LogP contribution in [-0.2, 0) is 6.42 Å². The number of rotatable bonds is 4. The van der Waals surface area contributed by atoms with E-state index in [1.54, 1.807) is 0 Å². The highest BCUT2D eigenvalue weighted by atomic mass is 16.2. The molecule has 0 bridgehead atoms. The topological polar surface area (TPSA) is 35.6 Å². The van der Waals surface area contributed by atoms with Crippen LogP contribution in [0.3, 0.4) is 0 Å². The van der Waals surface area contributed by atoms with Gasteiger partial charge in [0.15, 0.2) is 0 Å². The van der Waals surface area contributed by atoms with Gasteiger partial charge in [-0.15, -0.1) is 0 Å². The van der Waals surface area contributed by atoms with Crippen LogP contribution in [0.15, 0.2) is 54.6 Å². The minimum Gasteiger partial charge on any atom is -0.323 e. The van der Waals surface area contributed by atoms with Crippen molar-refractivity contribution in [2.75, 3.05) is 31.5 Å². The summed E-state index contributed by atoms with van der Waals surface area (Å²) >= 11 is 0. The summed E-state index contributed by atoms with van der Waals surface area (Å²) in [7, 11) is 0. The molecule has 0 saturated carbocycles. The molecule has 4 rings (SSSR count). The molecule has 2 aromatic carbocycles. The summed E-state index contributed by atoms with van der Waals surface area (Å²) in [5.74, 6) is 0. The number of benzene rings is 2. The third kappa shape index (κ3) is 3.91. The first-order chi connectivity index (χ1) is 12.8. The molecule has 2 fully saturated rings. The van der Waals surface area contributed by atoms with Crippen molar-refractivity contribution in [2.45, 2.75) is 31.7 Å². The lowest BCUT2D eigenvalue weighted by molar-refractivity contribution is 0.210. The zero-order valence-corrected chi connectivity index (χ0v) is 15.2. The Labute approximate surface area is 155 Å². The number of nitrogens with one attached hydrogen (secondary N) is 1. The van der Waals surface area contributed by atoms with Gasteiger partial charge in [0.05, 0.1) is 0 Å². The molecule has 0 aromatic heterocycles. The van der Waals surface area contributed by atoms with Gasteiger partial charge in [-0.05, 0) is 56.0 Å². The average molecular weight is 349 g/mol. The Hall–Kier alpha value is -2.33. The predicted octanol–water partition coefficient (Wildman–Crippen LogP) is 3.98. The molecule has 0 aliphatic carbocycles. The molecular formula is C22H27N3O. The van der Waals surface area contributed by atoms with Crippen molar-refractivity contribution < 1.29 is 4.79 Å². The van der Waals surface area contributed by atoms with E-state index in [0.29, 0.717) is 6.04 Å². The number of urea groups is 1. The molecule has 0 radical (unpaired) electrons. The molecule has 2 saturated heterocycles. The monoisotopic (exact) mass is 349 g/mol. The number of nitrogens with zero attached hydrogens (tertiary/aromatic N) is 2. The standard InChI is InChI=1S/C22H27N3O/c26-22(25-15-12-20(17-25)24-13-6-7-14-24)23-21-11-5-4-10-19(21)16-18-8-2-1-3-9-18/h1-5,8-11,20H,6-7,12-17H2,(H,23,26). The Morgan fingerprint density at radius 3 is 2.50 bits per heavy atom. The SMILES string of the molecule is O=C(Nc1ccccc1Cc1ccccc1)N1CCC(N2CCCC2)C1. The molecule has 0 spiro atoms. The minimum absolute atomic E-state index is 0.0345. The summed E-state index contributed by atoms with van der Waals surface area (Å²) in [6, 6.07) is 19.1. The maximum Gasteiger partial charge on any atom is 0.321 e. The van der Waals surface area contributed by atoms with E-state index in [4.69, 9.17) is 0 Å². The summed E-state index contributed by atoms with van der Waals surface area (Å²) in [6.07, 6.45) is 4.53. The van der Waals surface area contributed by atoms with Gasteiger partial charge in [0.2, 0.25) is 0 Å². The van der Waals surface area contributed by atoms with Gasteiger partial charge < -0.3 is 10.2 Å². The number of hydrogen-bond donors (Lipinski definition) is 1. The van der Waals surface area contributed by atoms with E-state index >= 15 is 0 Å². The minimum atomic E-state index is 0.0345. The van der Waals surface area contributed by atoms with Gasteiger partial charge >= 0.3 is 6.03 Å². The Balaban J connectivity index is 1.40. The predicted molar refractivity (Wildman–Crippen MR) is 105 cm³/mol. The van der Waals surface area contributed by atoms with E-state index in [1.165, 1.54) is 31.5 Å². The number of anilines is 1. The summed E-state index contributed by atoms with van der Waals surface area (Å²) in [5.41, 5.74) is 3.33. The number of hydrogen-bond acceptors (Lipinski definition) is 2. The second-order valence-corrected chi connectivity index (χ2v) is 7.38. The Morgan fingerprint density at radius 1 is 0.962 bits per heavy atom. The Bertz CT molecular complexity index is 740. The highest BCUT2D eigenvalue weighted by molar-refractivity contribution is 5.90. The molecule has 2 aliphatic rings. The molecule has 2 heterocycles. The summed E-state index contributed by atoms with van der Waals surface area (Å²) in [4.78, 5) is 17.3. The van der Waals surface area contributed by atoms with Crippen LogP contribution in [0.5, 0.6) is 0 Å². The van der Waals surface area contributed by atoms with Crippen LogP contribution in [0.2, 0.25) is 0 Å². The van der Waals surface area contributed by atoms with E-state index < -0.39 is 0 Å². The zero-order valence-electron chi connectivity index (χ0n) is 15.2. The smallest absolute Gasteiger partial charge is 0.321 e. The first-order valence-electron chi connectivity index (χ1n) is 9.71. The van der Waals surface area contributed by atoms with Crippen LogP contribution in [-0.4, -0.2) is 48.1 Å². The fourth-order valence-electron chi connectivity index (χ4n) is 4.14. The van der Waals surface area contributed by atoms with Crippen molar-refractivity contribution in [1.82, 2.24) is 9.80 Å². The first-order valence-corrected chi connectivity index (χ1v) is 9.71. The quantitative estimate of drug-likeness (QED) is 0.906. The maximum absolute atomic E-state index is 12.8. The van der Waals surface area contributed by atoms with Gasteiger partial charge in [-0.25, -0.2) is 4.79 Å². The third-order valence-electron chi connectivity index (χ3n) is 5.60. The van der Waals surface area contributed by atoms with E-state index in [-0.39, 0.29) is 6.03 Å². The highest BCUT2D eigenvalue weighted by Gasteiger charge is 2.31. The summed E-state index contributed by atoms with van der Waals surface area (Å²) < 4.78 is 0. The number of para-hydroxylation sites is 1. The van der Waals surface area contributed by atoms with Gasteiger partial charge in [0, 0.05) is 24.8 Å². The molecule has 1 unspecified atom stereocenters. The van der Waals surface area contributed by atoms with Gasteiger partial charge in [0.25, 0.3) is 0 Å². The number of amides is 2. The average Bonchev–Trinajstić information content (AvgIpc) is 3.36. The summed E-state index contributed by atoms with van der Waals surface area (Å²) in [5, 5.41) is 3.15. The van der Waals surface area contributed by atoms with Crippen LogP contribution in [0.4, 0.5) is 10.5 Å². The fraction of sp³-hybridized carbons (Fsp3) is 0.409. The maximum atomic E-state index is 12.8. The van der Waals surface area contributed by atoms with Gasteiger partial charge in [0.1, 0.15) is 0 Å². The van der Waals surface area contributed by atoms with E-state index in [2.05, 4.69) is 40.5 Å². The van der Waals surface area contributed by atoms with Crippen LogP contribution in [0, 0.1) is 0 Å². The number of carbonyl (C=O) groups is 1. The Kier molecular flexibility index (Phi) is 5.21. The molecule has 2 amide bonds. The fourth-order valence-corrected chi connectivity index (χ4v) is 4.14. The summed E-state index contributed by atoms with van der Waals surface area (Å²) in [6.45, 7) is 4.10. The largest absolute Gasteiger partial charge is 0.323 e. The van der Waals surface area contributed by atoms with Crippen molar-refractivity contribution in [3.8, 4) is 0 Å². The van der Waals surface area contributed by atoms with Crippen molar-refractivity contribution in [3.05, 3.63) is 65.7 Å². The lowest BCUT2D eigenvalue weighted by atomic mass is 10.0. The van der Waals surface area contributed by atoms with Crippen LogP contribution in [0.1, 0.15) is 30.4 Å². The lowest BCUT2D eigenvalue weighted by Gasteiger charge is -2.24. The van der Waals surface area contributed by atoms with Gasteiger partial charge in [-0.2, -0.15) is 0 Å². The van der Waals surface area contributed by atoms with Crippen LogP contribution in [0.25, 0.3) is 0 Å². The number of carbonyl (C=O) groups excluding carboxylic acids is 1. The van der Waals surface area contributed by atoms with Crippen molar-refractivity contribution in [3.63, 3.8) is 0 Å². The van der Waals surface area contributed by atoms with Crippen molar-refractivity contribution in [1.29, 1.82) is 0 Å². The Morgan fingerprint density at radius 2 is 1.69 bits per heavy atom. The molecule has 4 nitrogen and oxygen atoms in total. The van der Waals surface area contributed by atoms with Crippen LogP contribution < -0.4 is 5.32 Å². The third-order valence-corrected chi connectivity index (χ3v) is 5.60. The highest BCUT2D eigenvalue weighted by Crippen LogP contribution is 2.23. The van der Waals surface area contributed by atoms with Crippen LogP contribution >= 0.6 is 0 Å². The molecule has 4 heteroatoms. The second-order valence-electron chi connectivity index (χ2n) is 7.38.